The van der Waals surface area contributed by atoms with Crippen LogP contribution in [0, 0.1) is 0 Å². The maximum atomic E-state index is 12.0. The molecule has 20 heavy (non-hydrogen) atoms. The zero-order chi connectivity index (χ0) is 14.5. The molecule has 0 bridgehead atoms. The number of nitrogens with one attached hydrogen (secondary N) is 1. The second kappa shape index (κ2) is 7.19. The van der Waals surface area contributed by atoms with E-state index in [1.165, 1.54) is 11.1 Å². The van der Waals surface area contributed by atoms with Gasteiger partial charge in [0.1, 0.15) is 4.47 Å². The zero-order valence-corrected chi connectivity index (χ0v) is 13.0. The number of anilines is 1. The number of nitrogens with zero attached hydrogens (tertiary/aromatic N) is 2. The monoisotopic (exact) mass is 344 g/mol. The molecule has 1 fully saturated rings. The van der Waals surface area contributed by atoms with Gasteiger partial charge < -0.3 is 16.2 Å². The average Bonchev–Trinajstić information content (AvgIpc) is 2.64. The molecule has 0 radical (unpaired) electrons. The van der Waals surface area contributed by atoms with Gasteiger partial charge >= 0.3 is 0 Å². The van der Waals surface area contributed by atoms with Crippen molar-refractivity contribution in [3.63, 3.8) is 0 Å². The molecule has 1 saturated carbocycles. The minimum absolute atomic E-state index is 0.101. The van der Waals surface area contributed by atoms with Crippen LogP contribution in [-0.4, -0.2) is 33.6 Å². The van der Waals surface area contributed by atoms with Crippen molar-refractivity contribution in [3.8, 4) is 0 Å². The maximum Gasteiger partial charge on any atom is 0.283 e. The molecule has 1 aromatic heterocycles. The maximum absolute atomic E-state index is 12.0. The summed E-state index contributed by atoms with van der Waals surface area (Å²) in [6.45, 7) is 0.0836. The molecular formula is C13H21BrN4O2. The van der Waals surface area contributed by atoms with Crippen molar-refractivity contribution < 1.29 is 5.11 Å². The largest absolute Gasteiger partial charge is 0.394 e. The van der Waals surface area contributed by atoms with Crippen LogP contribution in [0.2, 0.25) is 0 Å². The van der Waals surface area contributed by atoms with Gasteiger partial charge in [-0.1, -0.05) is 19.3 Å². The van der Waals surface area contributed by atoms with Gasteiger partial charge in [0.05, 0.1) is 25.0 Å². The van der Waals surface area contributed by atoms with Gasteiger partial charge in [0.15, 0.2) is 0 Å². The summed E-state index contributed by atoms with van der Waals surface area (Å²) in [5.74, 6) is 0. The van der Waals surface area contributed by atoms with Gasteiger partial charge in [-0.3, -0.25) is 4.79 Å². The Morgan fingerprint density at radius 1 is 1.45 bits per heavy atom. The Labute approximate surface area is 126 Å². The van der Waals surface area contributed by atoms with E-state index in [1.54, 1.807) is 6.20 Å². The molecule has 2 unspecified atom stereocenters. The normalized spacial score (nSPS) is 23.4. The van der Waals surface area contributed by atoms with E-state index in [9.17, 15) is 4.79 Å². The van der Waals surface area contributed by atoms with E-state index in [-0.39, 0.29) is 30.8 Å². The third-order valence-electron chi connectivity index (χ3n) is 3.71. The number of nitrogens with two attached hydrogens (primary N) is 1. The van der Waals surface area contributed by atoms with Gasteiger partial charge in [0, 0.05) is 12.1 Å². The highest BCUT2D eigenvalue weighted by atomic mass is 79.9. The summed E-state index contributed by atoms with van der Waals surface area (Å²) in [7, 11) is 0. The van der Waals surface area contributed by atoms with E-state index in [1.807, 2.05) is 0 Å². The predicted octanol–water partition coefficient (Wildman–Crippen LogP) is 1.07. The molecule has 4 N–H and O–H groups in total. The van der Waals surface area contributed by atoms with Crippen LogP contribution >= 0.6 is 15.9 Å². The van der Waals surface area contributed by atoms with Crippen LogP contribution in [0.15, 0.2) is 15.5 Å². The fraction of sp³-hybridized carbons (Fsp3) is 0.692. The van der Waals surface area contributed by atoms with Crippen LogP contribution in [0.5, 0.6) is 0 Å². The summed E-state index contributed by atoms with van der Waals surface area (Å²) < 4.78 is 1.68. The van der Waals surface area contributed by atoms with Crippen LogP contribution < -0.4 is 16.6 Å². The standard InChI is InChI=1S/C13H21BrN4O2/c14-12-11(8-16-18(6-7-19)13(12)20)17-10-5-3-1-2-4-9(10)15/h8-10,17,19H,1-7,15H2. The first kappa shape index (κ1) is 15.5. The number of hydrogen-bond donors (Lipinski definition) is 3. The van der Waals surface area contributed by atoms with Gasteiger partial charge in [-0.15, -0.1) is 0 Å². The summed E-state index contributed by atoms with van der Waals surface area (Å²) in [4.78, 5) is 12.0. The molecule has 112 valence electrons. The predicted molar refractivity (Wildman–Crippen MR) is 81.8 cm³/mol. The third kappa shape index (κ3) is 3.59. The number of aliphatic hydroxyl groups is 1. The van der Waals surface area contributed by atoms with Crippen molar-refractivity contribution in [2.45, 2.75) is 50.7 Å². The summed E-state index contributed by atoms with van der Waals surface area (Å²) in [5.41, 5.74) is 6.61. The Kier molecular flexibility index (Phi) is 5.56. The average molecular weight is 345 g/mol. The highest BCUT2D eigenvalue weighted by molar-refractivity contribution is 9.10. The molecule has 2 rings (SSSR count). The van der Waals surface area contributed by atoms with Crippen molar-refractivity contribution in [1.29, 1.82) is 0 Å². The van der Waals surface area contributed by atoms with Crippen LogP contribution in [0.3, 0.4) is 0 Å². The molecule has 1 aliphatic rings. The van der Waals surface area contributed by atoms with Crippen molar-refractivity contribution in [2.24, 2.45) is 5.73 Å². The van der Waals surface area contributed by atoms with E-state index in [2.05, 4.69) is 26.3 Å². The van der Waals surface area contributed by atoms with Gasteiger partial charge in [-0.05, 0) is 28.8 Å². The summed E-state index contributed by atoms with van der Waals surface area (Å²) in [5, 5.41) is 16.3. The number of hydrogen-bond acceptors (Lipinski definition) is 5. The molecule has 0 amide bonds. The van der Waals surface area contributed by atoms with E-state index in [0.29, 0.717) is 10.2 Å². The topological polar surface area (TPSA) is 93.2 Å². The van der Waals surface area contributed by atoms with Crippen LogP contribution in [0.25, 0.3) is 0 Å². The second-order valence-electron chi connectivity index (χ2n) is 5.18. The molecule has 1 aliphatic carbocycles. The van der Waals surface area contributed by atoms with E-state index >= 15 is 0 Å². The SMILES string of the molecule is NC1CCCCCC1Nc1cnn(CCO)c(=O)c1Br. The lowest BCUT2D eigenvalue weighted by atomic mass is 10.0. The molecular weight excluding hydrogens is 324 g/mol. The minimum Gasteiger partial charge on any atom is -0.394 e. The van der Waals surface area contributed by atoms with E-state index in [4.69, 9.17) is 10.8 Å². The first-order valence-corrected chi connectivity index (χ1v) is 7.81. The lowest BCUT2D eigenvalue weighted by Crippen LogP contribution is -2.40. The molecule has 1 aromatic rings. The Hall–Kier alpha value is -0.920. The number of halogens is 1. The molecule has 0 aromatic carbocycles. The fourth-order valence-electron chi connectivity index (χ4n) is 2.53. The lowest BCUT2D eigenvalue weighted by molar-refractivity contribution is 0.266. The summed E-state index contributed by atoms with van der Waals surface area (Å²) >= 11 is 3.31. The summed E-state index contributed by atoms with van der Waals surface area (Å²) in [6.07, 6.45) is 7.15. The van der Waals surface area contributed by atoms with Crippen LogP contribution in [-0.2, 0) is 6.54 Å². The fourth-order valence-corrected chi connectivity index (χ4v) is 2.96. The van der Waals surface area contributed by atoms with Gasteiger partial charge in [-0.25, -0.2) is 4.68 Å². The smallest absolute Gasteiger partial charge is 0.283 e. The highest BCUT2D eigenvalue weighted by Gasteiger charge is 2.21. The zero-order valence-electron chi connectivity index (χ0n) is 11.4. The molecule has 6 nitrogen and oxygen atoms in total. The van der Waals surface area contributed by atoms with Crippen molar-refractivity contribution in [3.05, 3.63) is 21.0 Å². The number of aromatic nitrogens is 2. The first-order valence-electron chi connectivity index (χ1n) is 7.02. The molecule has 0 saturated heterocycles. The van der Waals surface area contributed by atoms with Crippen molar-refractivity contribution in [1.82, 2.24) is 9.78 Å². The Morgan fingerprint density at radius 2 is 2.20 bits per heavy atom. The minimum atomic E-state index is -0.244. The van der Waals surface area contributed by atoms with E-state index in [0.717, 1.165) is 25.7 Å². The Bertz CT molecular complexity index is 506. The molecule has 0 aliphatic heterocycles. The van der Waals surface area contributed by atoms with Crippen molar-refractivity contribution in [2.75, 3.05) is 11.9 Å². The number of aliphatic hydroxyl groups excluding tert-OH is 1. The first-order chi connectivity index (χ1) is 9.63. The summed E-state index contributed by atoms with van der Waals surface area (Å²) in [6, 6.07) is 0.271. The lowest BCUT2D eigenvalue weighted by Gasteiger charge is -2.24. The van der Waals surface area contributed by atoms with Gasteiger partial charge in [-0.2, -0.15) is 5.10 Å². The van der Waals surface area contributed by atoms with Gasteiger partial charge in [0.2, 0.25) is 0 Å². The molecule has 0 spiro atoms. The molecule has 7 heteroatoms. The van der Waals surface area contributed by atoms with Crippen molar-refractivity contribution >= 4 is 21.6 Å². The second-order valence-corrected chi connectivity index (χ2v) is 5.97. The van der Waals surface area contributed by atoms with Crippen LogP contribution in [0.4, 0.5) is 5.69 Å². The molecule has 2 atom stereocenters. The molecule has 1 heterocycles. The quantitative estimate of drug-likeness (QED) is 0.710. The number of rotatable bonds is 4. The van der Waals surface area contributed by atoms with Crippen LogP contribution in [0.1, 0.15) is 32.1 Å². The van der Waals surface area contributed by atoms with E-state index < -0.39 is 0 Å². The highest BCUT2D eigenvalue weighted by Crippen LogP contribution is 2.23. The third-order valence-corrected chi connectivity index (χ3v) is 4.47. The Morgan fingerprint density at radius 3 is 2.95 bits per heavy atom. The Balaban J connectivity index is 2.16. The van der Waals surface area contributed by atoms with Gasteiger partial charge in [0.25, 0.3) is 5.56 Å².